The molecule has 0 bridgehead atoms. The summed E-state index contributed by atoms with van der Waals surface area (Å²) in [6.45, 7) is -2.18. The van der Waals surface area contributed by atoms with Gasteiger partial charge in [0.1, 0.15) is 0 Å². The lowest BCUT2D eigenvalue weighted by atomic mass is 10.1. The van der Waals surface area contributed by atoms with E-state index in [0.717, 1.165) is 18.2 Å². The Hall–Kier alpha value is -1.57. The maximum atomic E-state index is 12.3. The summed E-state index contributed by atoms with van der Waals surface area (Å²) in [4.78, 5) is 11.7. The molecule has 0 radical (unpaired) electrons. The van der Waals surface area contributed by atoms with E-state index >= 15 is 0 Å². The molecular formula is C11H8ClF5O3. The summed E-state index contributed by atoms with van der Waals surface area (Å²) in [5.74, 6) is -2.91. The van der Waals surface area contributed by atoms with Crippen molar-refractivity contribution >= 4 is 17.4 Å². The van der Waals surface area contributed by atoms with Gasteiger partial charge in [-0.3, -0.25) is 4.79 Å². The third-order valence-electron chi connectivity index (χ3n) is 2.04. The Morgan fingerprint density at radius 2 is 1.90 bits per heavy atom. The van der Waals surface area contributed by atoms with Gasteiger partial charge < -0.3 is 9.47 Å². The Labute approximate surface area is 115 Å². The molecule has 0 aliphatic heterocycles. The monoisotopic (exact) mass is 318 g/mol. The van der Waals surface area contributed by atoms with Gasteiger partial charge in [-0.1, -0.05) is 6.07 Å². The lowest BCUT2D eigenvalue weighted by Gasteiger charge is -2.16. The Kier molecular flexibility index (Phi) is 5.15. The maximum absolute atomic E-state index is 12.3. The first-order valence-electron chi connectivity index (χ1n) is 5.13. The van der Waals surface area contributed by atoms with E-state index in [1.807, 2.05) is 0 Å². The van der Waals surface area contributed by atoms with Crippen LogP contribution in [-0.2, 0) is 0 Å². The molecule has 0 aliphatic carbocycles. The van der Waals surface area contributed by atoms with Gasteiger partial charge in [0.2, 0.25) is 0 Å². The molecule has 0 N–H and O–H groups in total. The molecule has 1 aromatic rings. The van der Waals surface area contributed by atoms with E-state index in [-0.39, 0.29) is 0 Å². The predicted molar refractivity (Wildman–Crippen MR) is 59.4 cm³/mol. The minimum absolute atomic E-state index is 0.519. The van der Waals surface area contributed by atoms with Crippen molar-refractivity contribution in [3.05, 3.63) is 23.8 Å². The first kappa shape index (κ1) is 16.5. The smallest absolute Gasteiger partial charge is 0.430 e. The van der Waals surface area contributed by atoms with Crippen LogP contribution in [0.1, 0.15) is 17.3 Å². The van der Waals surface area contributed by atoms with Crippen molar-refractivity contribution in [1.82, 2.24) is 0 Å². The molecule has 0 spiro atoms. The molecule has 0 saturated heterocycles. The number of Topliss-reactive ketones (excluding diaryl/α,β-unsaturated/α-hetero) is 1. The number of rotatable bonds is 5. The van der Waals surface area contributed by atoms with Gasteiger partial charge >= 0.3 is 13.0 Å². The van der Waals surface area contributed by atoms with Gasteiger partial charge in [-0.2, -0.15) is 8.78 Å². The van der Waals surface area contributed by atoms with Crippen LogP contribution in [0.2, 0.25) is 0 Å². The summed E-state index contributed by atoms with van der Waals surface area (Å²) in [5, 5.41) is -1.13. The molecule has 20 heavy (non-hydrogen) atoms. The Morgan fingerprint density at radius 3 is 2.35 bits per heavy atom. The van der Waals surface area contributed by atoms with Crippen LogP contribution in [0.4, 0.5) is 22.0 Å². The van der Waals surface area contributed by atoms with E-state index in [2.05, 4.69) is 9.47 Å². The molecule has 112 valence electrons. The zero-order valence-electron chi connectivity index (χ0n) is 9.88. The van der Waals surface area contributed by atoms with Crippen molar-refractivity contribution in [2.24, 2.45) is 0 Å². The van der Waals surface area contributed by atoms with E-state index in [1.54, 1.807) is 0 Å². The van der Waals surface area contributed by atoms with Crippen LogP contribution in [0.5, 0.6) is 11.5 Å². The number of ether oxygens (including phenoxy) is 2. The lowest BCUT2D eigenvalue weighted by Crippen LogP contribution is -2.20. The summed E-state index contributed by atoms with van der Waals surface area (Å²) >= 11 is 5.50. The maximum Gasteiger partial charge on any atom is 0.573 e. The fourth-order valence-corrected chi connectivity index (χ4v) is 1.46. The van der Waals surface area contributed by atoms with E-state index in [0.29, 0.717) is 0 Å². The SMILES string of the molecule is CC(Cl)C(=O)c1cccc(OC(F)(F)F)c1OC(F)F. The zero-order valence-corrected chi connectivity index (χ0v) is 10.6. The molecule has 0 amide bonds. The Bertz CT molecular complexity index is 487. The normalized spacial score (nSPS) is 13.2. The minimum Gasteiger partial charge on any atom is -0.430 e. The highest BCUT2D eigenvalue weighted by atomic mass is 35.5. The van der Waals surface area contributed by atoms with E-state index in [9.17, 15) is 26.7 Å². The fourth-order valence-electron chi connectivity index (χ4n) is 1.34. The van der Waals surface area contributed by atoms with E-state index in [1.165, 1.54) is 6.92 Å². The molecule has 0 aliphatic rings. The summed E-state index contributed by atoms with van der Waals surface area (Å²) in [6, 6.07) is 2.80. The molecular weight excluding hydrogens is 311 g/mol. The fraction of sp³-hybridized carbons (Fsp3) is 0.364. The third-order valence-corrected chi connectivity index (χ3v) is 2.24. The number of carbonyl (C=O) groups is 1. The highest BCUT2D eigenvalue weighted by molar-refractivity contribution is 6.34. The average Bonchev–Trinajstić information content (AvgIpc) is 2.27. The average molecular weight is 319 g/mol. The summed E-state index contributed by atoms with van der Waals surface area (Å²) < 4.78 is 68.6. The van der Waals surface area contributed by atoms with Gasteiger partial charge in [-0.25, -0.2) is 0 Å². The van der Waals surface area contributed by atoms with Crippen molar-refractivity contribution < 1.29 is 36.2 Å². The Balaban J connectivity index is 3.30. The molecule has 9 heteroatoms. The second-order valence-electron chi connectivity index (χ2n) is 3.54. The number of para-hydroxylation sites is 1. The highest BCUT2D eigenvalue weighted by Gasteiger charge is 2.34. The zero-order chi connectivity index (χ0) is 15.5. The number of halogens is 6. The topological polar surface area (TPSA) is 35.5 Å². The van der Waals surface area contributed by atoms with Crippen LogP contribution in [-0.4, -0.2) is 24.1 Å². The number of alkyl halides is 6. The van der Waals surface area contributed by atoms with Crippen molar-refractivity contribution in [2.75, 3.05) is 0 Å². The first-order chi connectivity index (χ1) is 9.11. The van der Waals surface area contributed by atoms with Crippen molar-refractivity contribution in [2.45, 2.75) is 25.3 Å². The summed E-state index contributed by atoms with van der Waals surface area (Å²) in [7, 11) is 0. The second kappa shape index (κ2) is 6.25. The van der Waals surface area contributed by atoms with Crippen LogP contribution in [0.25, 0.3) is 0 Å². The molecule has 0 fully saturated rings. The minimum atomic E-state index is -5.12. The van der Waals surface area contributed by atoms with Crippen LogP contribution in [0.3, 0.4) is 0 Å². The van der Waals surface area contributed by atoms with Gasteiger partial charge in [0.05, 0.1) is 10.9 Å². The van der Waals surface area contributed by atoms with Crippen LogP contribution in [0.15, 0.2) is 18.2 Å². The second-order valence-corrected chi connectivity index (χ2v) is 4.19. The molecule has 1 atom stereocenters. The molecule has 0 heterocycles. The number of carbonyl (C=O) groups excluding carboxylic acids is 1. The molecule has 0 aromatic heterocycles. The number of ketones is 1. The van der Waals surface area contributed by atoms with Crippen LogP contribution >= 0.6 is 11.6 Å². The van der Waals surface area contributed by atoms with Crippen LogP contribution in [0, 0.1) is 0 Å². The van der Waals surface area contributed by atoms with Crippen molar-refractivity contribution in [3.8, 4) is 11.5 Å². The molecule has 1 rings (SSSR count). The first-order valence-corrected chi connectivity index (χ1v) is 5.57. The molecule has 1 unspecified atom stereocenters. The quantitative estimate of drug-likeness (QED) is 0.468. The van der Waals surface area contributed by atoms with Gasteiger partial charge in [-0.05, 0) is 19.1 Å². The molecule has 0 saturated carbocycles. The molecule has 3 nitrogen and oxygen atoms in total. The summed E-state index contributed by atoms with van der Waals surface area (Å²) in [5.41, 5.74) is -0.519. The largest absolute Gasteiger partial charge is 0.573 e. The van der Waals surface area contributed by atoms with Gasteiger partial charge in [-0.15, -0.1) is 24.8 Å². The van der Waals surface area contributed by atoms with E-state index < -0.39 is 41.2 Å². The van der Waals surface area contributed by atoms with Crippen LogP contribution < -0.4 is 9.47 Å². The number of benzene rings is 1. The van der Waals surface area contributed by atoms with Crippen molar-refractivity contribution in [3.63, 3.8) is 0 Å². The van der Waals surface area contributed by atoms with Gasteiger partial charge in [0.25, 0.3) is 0 Å². The standard InChI is InChI=1S/C11H8ClF5O3/c1-5(12)8(18)6-3-2-4-7(20-11(15,16)17)9(6)19-10(13)14/h2-5,10H,1H3. The number of hydrogen-bond acceptors (Lipinski definition) is 3. The number of hydrogen-bond donors (Lipinski definition) is 0. The highest BCUT2D eigenvalue weighted by Crippen LogP contribution is 2.37. The summed E-state index contributed by atoms with van der Waals surface area (Å²) in [6.07, 6.45) is -5.12. The van der Waals surface area contributed by atoms with Gasteiger partial charge in [0, 0.05) is 0 Å². The molecule has 1 aromatic carbocycles. The predicted octanol–water partition coefficient (Wildman–Crippen LogP) is 4.00. The third kappa shape index (κ3) is 4.52. The van der Waals surface area contributed by atoms with Gasteiger partial charge in [0.15, 0.2) is 17.3 Å². The lowest BCUT2D eigenvalue weighted by molar-refractivity contribution is -0.275. The van der Waals surface area contributed by atoms with E-state index in [4.69, 9.17) is 11.6 Å². The Morgan fingerprint density at radius 1 is 1.30 bits per heavy atom. The van der Waals surface area contributed by atoms with Crippen molar-refractivity contribution in [1.29, 1.82) is 0 Å².